The summed E-state index contributed by atoms with van der Waals surface area (Å²) >= 11 is 0. The van der Waals surface area contributed by atoms with Crippen LogP contribution in [-0.2, 0) is 28.9 Å². The Morgan fingerprint density at radius 1 is 1.16 bits per heavy atom. The van der Waals surface area contributed by atoms with Crippen molar-refractivity contribution in [3.05, 3.63) is 77.1 Å². The number of nitrogens with one attached hydrogen (secondary N) is 1. The van der Waals surface area contributed by atoms with Crippen LogP contribution < -0.4 is 0 Å². The van der Waals surface area contributed by atoms with Crippen LogP contribution in [0.2, 0.25) is 0 Å². The summed E-state index contributed by atoms with van der Waals surface area (Å²) in [5.74, 6) is 0.272. The predicted octanol–water partition coefficient (Wildman–Crippen LogP) is 3.74. The number of fused-ring (bicyclic) bond motifs is 3. The molecule has 0 unspecified atom stereocenters. The average Bonchev–Trinajstić information content (AvgIpc) is 3.42. The number of ether oxygens (including phenoxy) is 1. The number of nitrogens with zero attached hydrogens (tertiary/aromatic N) is 2. The van der Waals surface area contributed by atoms with Gasteiger partial charge in [0.15, 0.2) is 5.76 Å². The van der Waals surface area contributed by atoms with E-state index in [1.807, 2.05) is 53.4 Å². The van der Waals surface area contributed by atoms with Crippen molar-refractivity contribution < 1.29 is 18.8 Å². The molecule has 0 atom stereocenters. The summed E-state index contributed by atoms with van der Waals surface area (Å²) in [6, 6.07) is 17.0. The van der Waals surface area contributed by atoms with Crippen LogP contribution in [0.3, 0.4) is 0 Å². The van der Waals surface area contributed by atoms with E-state index in [-0.39, 0.29) is 18.3 Å². The Morgan fingerprint density at radius 2 is 2.00 bits per heavy atom. The van der Waals surface area contributed by atoms with Gasteiger partial charge in [0, 0.05) is 53.3 Å². The Kier molecular flexibility index (Phi) is 4.78. The largest absolute Gasteiger partial charge is 0.465 e. The first kappa shape index (κ1) is 19.1. The van der Waals surface area contributed by atoms with E-state index in [1.54, 1.807) is 6.07 Å². The fourth-order valence-electron chi connectivity index (χ4n) is 4.07. The lowest BCUT2D eigenvalue weighted by Crippen LogP contribution is -2.36. The van der Waals surface area contributed by atoms with Gasteiger partial charge in [0.25, 0.3) is 0 Å². The SMILES string of the molecule is COC(=O)c1ccc2[nH]c3c(c2c1)CN(C(=O)Cc1cc(-c2ccccc2)on1)CC3. The molecular weight excluding hydrogens is 394 g/mol. The topological polar surface area (TPSA) is 88.4 Å². The van der Waals surface area contributed by atoms with Crippen molar-refractivity contribution >= 4 is 22.8 Å². The highest BCUT2D eigenvalue weighted by Gasteiger charge is 2.25. The molecule has 1 N–H and O–H groups in total. The number of methoxy groups -OCH3 is 1. The first-order valence-corrected chi connectivity index (χ1v) is 10.1. The van der Waals surface area contributed by atoms with Crippen molar-refractivity contribution in [1.29, 1.82) is 0 Å². The van der Waals surface area contributed by atoms with E-state index in [1.165, 1.54) is 7.11 Å². The van der Waals surface area contributed by atoms with Gasteiger partial charge in [0.1, 0.15) is 0 Å². The third-order valence-electron chi connectivity index (χ3n) is 5.70. The molecule has 156 valence electrons. The zero-order valence-electron chi connectivity index (χ0n) is 17.1. The van der Waals surface area contributed by atoms with Gasteiger partial charge < -0.3 is 19.1 Å². The van der Waals surface area contributed by atoms with E-state index in [4.69, 9.17) is 9.26 Å². The number of rotatable bonds is 4. The smallest absolute Gasteiger partial charge is 0.337 e. The van der Waals surface area contributed by atoms with E-state index in [0.29, 0.717) is 30.1 Å². The first-order chi connectivity index (χ1) is 15.1. The third-order valence-corrected chi connectivity index (χ3v) is 5.70. The van der Waals surface area contributed by atoms with Gasteiger partial charge in [-0.05, 0) is 18.2 Å². The maximum Gasteiger partial charge on any atom is 0.337 e. The number of esters is 1. The molecule has 7 nitrogen and oxygen atoms in total. The number of amides is 1. The van der Waals surface area contributed by atoms with Gasteiger partial charge in [0.05, 0.1) is 24.8 Å². The van der Waals surface area contributed by atoms with Crippen molar-refractivity contribution in [2.75, 3.05) is 13.7 Å². The number of hydrogen-bond donors (Lipinski definition) is 1. The van der Waals surface area contributed by atoms with E-state index >= 15 is 0 Å². The van der Waals surface area contributed by atoms with Crippen molar-refractivity contribution in [2.45, 2.75) is 19.4 Å². The van der Waals surface area contributed by atoms with Crippen LogP contribution >= 0.6 is 0 Å². The molecule has 0 saturated carbocycles. The number of carbonyl (C=O) groups is 2. The molecule has 0 spiro atoms. The number of aromatic nitrogens is 2. The Hall–Kier alpha value is -3.87. The molecule has 0 radical (unpaired) electrons. The summed E-state index contributed by atoms with van der Waals surface area (Å²) in [5, 5.41) is 5.02. The quantitative estimate of drug-likeness (QED) is 0.513. The summed E-state index contributed by atoms with van der Waals surface area (Å²) in [5.41, 5.74) is 5.14. The molecule has 0 aliphatic carbocycles. The minimum atomic E-state index is -0.374. The average molecular weight is 415 g/mol. The number of carbonyl (C=O) groups excluding carboxylic acids is 2. The second kappa shape index (κ2) is 7.75. The zero-order valence-corrected chi connectivity index (χ0v) is 17.1. The highest BCUT2D eigenvalue weighted by Crippen LogP contribution is 2.29. The van der Waals surface area contributed by atoms with Gasteiger partial charge in [-0.3, -0.25) is 4.79 Å². The van der Waals surface area contributed by atoms with Crippen LogP contribution in [0.15, 0.2) is 59.1 Å². The fourth-order valence-corrected chi connectivity index (χ4v) is 4.07. The summed E-state index contributed by atoms with van der Waals surface area (Å²) in [4.78, 5) is 30.1. The van der Waals surface area contributed by atoms with Crippen LogP contribution in [0.5, 0.6) is 0 Å². The molecule has 1 amide bonds. The molecular formula is C24H21N3O4. The number of aromatic amines is 1. The zero-order chi connectivity index (χ0) is 21.4. The van der Waals surface area contributed by atoms with Crippen molar-refractivity contribution in [3.8, 4) is 11.3 Å². The van der Waals surface area contributed by atoms with Crippen LogP contribution in [0.1, 0.15) is 27.3 Å². The first-order valence-electron chi connectivity index (χ1n) is 10.1. The van der Waals surface area contributed by atoms with Crippen LogP contribution in [0.4, 0.5) is 0 Å². The standard InChI is InChI=1S/C24H21N3O4/c1-30-24(29)16-7-8-20-18(11-16)19-14-27(10-9-21(19)25-20)23(28)13-17-12-22(31-26-17)15-5-3-2-4-6-15/h2-8,11-12,25H,9-10,13-14H2,1H3. The van der Waals surface area contributed by atoms with Gasteiger partial charge in [-0.25, -0.2) is 4.79 Å². The highest BCUT2D eigenvalue weighted by molar-refractivity contribution is 5.96. The van der Waals surface area contributed by atoms with Gasteiger partial charge in [-0.1, -0.05) is 35.5 Å². The van der Waals surface area contributed by atoms with E-state index in [0.717, 1.165) is 34.1 Å². The number of hydrogen-bond acceptors (Lipinski definition) is 5. The monoisotopic (exact) mass is 415 g/mol. The summed E-state index contributed by atoms with van der Waals surface area (Å²) in [6.07, 6.45) is 0.916. The molecule has 5 rings (SSSR count). The van der Waals surface area contributed by atoms with Crippen LogP contribution in [0.25, 0.3) is 22.2 Å². The molecule has 31 heavy (non-hydrogen) atoms. The maximum atomic E-state index is 13.0. The van der Waals surface area contributed by atoms with Gasteiger partial charge in [-0.15, -0.1) is 0 Å². The number of H-pyrrole nitrogens is 1. The fraction of sp³-hybridized carbons (Fsp3) is 0.208. The van der Waals surface area contributed by atoms with Crippen LogP contribution in [-0.4, -0.2) is 40.6 Å². The predicted molar refractivity (Wildman–Crippen MR) is 114 cm³/mol. The molecule has 1 aliphatic rings. The van der Waals surface area contributed by atoms with Gasteiger partial charge in [0.2, 0.25) is 5.91 Å². The van der Waals surface area contributed by atoms with Crippen LogP contribution in [0, 0.1) is 0 Å². The van der Waals surface area contributed by atoms with Crippen molar-refractivity contribution in [2.24, 2.45) is 0 Å². The molecule has 4 aromatic rings. The molecule has 2 aromatic heterocycles. The molecule has 0 saturated heterocycles. The summed E-state index contributed by atoms with van der Waals surface area (Å²) in [7, 11) is 1.37. The van der Waals surface area contributed by atoms with E-state index in [2.05, 4.69) is 10.1 Å². The minimum absolute atomic E-state index is 0.00275. The molecule has 3 heterocycles. The molecule has 7 heteroatoms. The second-order valence-corrected chi connectivity index (χ2v) is 7.62. The summed E-state index contributed by atoms with van der Waals surface area (Å²) < 4.78 is 10.3. The Labute approximate surface area is 178 Å². The Morgan fingerprint density at radius 3 is 2.81 bits per heavy atom. The van der Waals surface area contributed by atoms with Crippen molar-refractivity contribution in [3.63, 3.8) is 0 Å². The molecule has 0 fully saturated rings. The Balaban J connectivity index is 1.35. The van der Waals surface area contributed by atoms with Gasteiger partial charge >= 0.3 is 5.97 Å². The normalized spacial score (nSPS) is 13.3. The highest BCUT2D eigenvalue weighted by atomic mass is 16.5. The van der Waals surface area contributed by atoms with E-state index in [9.17, 15) is 9.59 Å². The third kappa shape index (κ3) is 3.59. The Bertz CT molecular complexity index is 1270. The number of benzene rings is 2. The lowest BCUT2D eigenvalue weighted by atomic mass is 10.0. The van der Waals surface area contributed by atoms with E-state index < -0.39 is 0 Å². The lowest BCUT2D eigenvalue weighted by Gasteiger charge is -2.27. The maximum absolute atomic E-state index is 13.0. The van der Waals surface area contributed by atoms with Crippen molar-refractivity contribution in [1.82, 2.24) is 15.0 Å². The lowest BCUT2D eigenvalue weighted by molar-refractivity contribution is -0.131. The van der Waals surface area contributed by atoms with Gasteiger partial charge in [-0.2, -0.15) is 0 Å². The minimum Gasteiger partial charge on any atom is -0.465 e. The molecule has 2 aromatic carbocycles. The second-order valence-electron chi connectivity index (χ2n) is 7.62. The molecule has 0 bridgehead atoms. The summed E-state index contributed by atoms with van der Waals surface area (Å²) in [6.45, 7) is 1.12. The molecule has 1 aliphatic heterocycles.